The fourth-order valence-corrected chi connectivity index (χ4v) is 4.76. The lowest BCUT2D eigenvalue weighted by Crippen LogP contribution is -2.33. The predicted molar refractivity (Wildman–Crippen MR) is 115 cm³/mol. The maximum Gasteiger partial charge on any atom is 0.168 e. The Hall–Kier alpha value is -2.60. The molecule has 0 spiro atoms. The van der Waals surface area contributed by atoms with Gasteiger partial charge < -0.3 is 25.8 Å². The van der Waals surface area contributed by atoms with Crippen LogP contribution < -0.4 is 5.73 Å². The van der Waals surface area contributed by atoms with Gasteiger partial charge in [0.05, 0.1) is 24.7 Å². The van der Waals surface area contributed by atoms with Gasteiger partial charge in [0, 0.05) is 12.7 Å². The summed E-state index contributed by atoms with van der Waals surface area (Å²) in [6.45, 7) is 0.437. The lowest BCUT2D eigenvalue weighted by Gasteiger charge is -2.21. The van der Waals surface area contributed by atoms with Crippen molar-refractivity contribution in [2.75, 3.05) is 12.3 Å². The molecule has 1 aliphatic carbocycles. The molecule has 32 heavy (non-hydrogen) atoms. The molecule has 4 atom stereocenters. The molecule has 5 rings (SSSR count). The minimum Gasteiger partial charge on any atom is -0.394 e. The quantitative estimate of drug-likeness (QED) is 0.433. The van der Waals surface area contributed by atoms with Gasteiger partial charge in [-0.2, -0.15) is 5.10 Å². The molecule has 0 aromatic carbocycles. The highest BCUT2D eigenvalue weighted by molar-refractivity contribution is 5.83. The number of aliphatic hydroxyl groups excluding tert-OH is 3. The van der Waals surface area contributed by atoms with Crippen LogP contribution in [-0.2, 0) is 11.3 Å². The number of nitrogens with zero attached hydrogens (tertiary/aromatic N) is 6. The molecule has 1 saturated heterocycles. The first-order valence-corrected chi connectivity index (χ1v) is 11.2. The molecule has 2 fully saturated rings. The Labute approximate surface area is 184 Å². The number of hydrogen-bond acceptors (Lipinski definition) is 9. The van der Waals surface area contributed by atoms with Crippen molar-refractivity contribution in [3.63, 3.8) is 0 Å². The minimum absolute atomic E-state index is 0.199. The van der Waals surface area contributed by atoms with Crippen molar-refractivity contribution in [3.8, 4) is 11.4 Å². The molecule has 0 amide bonds. The number of aliphatic hydroxyl groups is 3. The SMILES string of the molecule is Nc1nc(-c2cnn(CCC3CCCCC3)c2)nc2c1ncn2C1O[C@H](CO)[C@@H](O)[C@H]1O. The minimum atomic E-state index is -1.24. The van der Waals surface area contributed by atoms with E-state index in [1.54, 1.807) is 6.20 Å². The monoisotopic (exact) mass is 443 g/mol. The third kappa shape index (κ3) is 3.85. The smallest absolute Gasteiger partial charge is 0.168 e. The maximum atomic E-state index is 10.4. The van der Waals surface area contributed by atoms with Crippen LogP contribution >= 0.6 is 0 Å². The van der Waals surface area contributed by atoms with Crippen molar-refractivity contribution in [3.05, 3.63) is 18.7 Å². The highest BCUT2D eigenvalue weighted by Gasteiger charge is 2.44. The van der Waals surface area contributed by atoms with Crippen LogP contribution in [0, 0.1) is 5.92 Å². The van der Waals surface area contributed by atoms with Crippen LogP contribution in [0.2, 0.25) is 0 Å². The van der Waals surface area contributed by atoms with Crippen LogP contribution in [-0.4, -0.2) is 69.5 Å². The zero-order chi connectivity index (χ0) is 22.2. The van der Waals surface area contributed by atoms with Crippen LogP contribution in [0.5, 0.6) is 0 Å². The highest BCUT2D eigenvalue weighted by atomic mass is 16.6. The molecular formula is C21H29N7O4. The maximum absolute atomic E-state index is 10.4. The largest absolute Gasteiger partial charge is 0.394 e. The van der Waals surface area contributed by atoms with Crippen molar-refractivity contribution in [1.82, 2.24) is 29.3 Å². The van der Waals surface area contributed by atoms with Crippen LogP contribution in [0.1, 0.15) is 44.8 Å². The molecule has 11 nitrogen and oxygen atoms in total. The third-order valence-corrected chi connectivity index (χ3v) is 6.62. The van der Waals surface area contributed by atoms with Crippen LogP contribution in [0.3, 0.4) is 0 Å². The van der Waals surface area contributed by atoms with Crippen molar-refractivity contribution in [2.24, 2.45) is 5.92 Å². The van der Waals surface area contributed by atoms with Gasteiger partial charge in [-0.15, -0.1) is 0 Å². The van der Waals surface area contributed by atoms with Crippen LogP contribution in [0.4, 0.5) is 5.82 Å². The summed E-state index contributed by atoms with van der Waals surface area (Å²) in [5.74, 6) is 1.36. The Morgan fingerprint density at radius 1 is 1.12 bits per heavy atom. The van der Waals surface area contributed by atoms with E-state index in [1.165, 1.54) is 43.0 Å². The van der Waals surface area contributed by atoms with Gasteiger partial charge in [-0.25, -0.2) is 15.0 Å². The summed E-state index contributed by atoms with van der Waals surface area (Å²) in [5.41, 5.74) is 7.61. The van der Waals surface area contributed by atoms with Gasteiger partial charge in [-0.3, -0.25) is 9.25 Å². The number of imidazole rings is 1. The molecule has 2 aliphatic rings. The second-order valence-corrected chi connectivity index (χ2v) is 8.77. The molecule has 1 unspecified atom stereocenters. The number of ether oxygens (including phenoxy) is 1. The Morgan fingerprint density at radius 3 is 2.69 bits per heavy atom. The van der Waals surface area contributed by atoms with Crippen LogP contribution in [0.25, 0.3) is 22.6 Å². The summed E-state index contributed by atoms with van der Waals surface area (Å²) in [7, 11) is 0. The van der Waals surface area contributed by atoms with Gasteiger partial charge >= 0.3 is 0 Å². The van der Waals surface area contributed by atoms with Gasteiger partial charge in [-0.05, 0) is 12.3 Å². The first-order valence-electron chi connectivity index (χ1n) is 11.2. The summed E-state index contributed by atoms with van der Waals surface area (Å²) in [6.07, 6.45) is 8.47. The molecule has 3 aromatic heterocycles. The summed E-state index contributed by atoms with van der Waals surface area (Å²) in [4.78, 5) is 13.2. The zero-order valence-electron chi connectivity index (χ0n) is 17.8. The molecule has 3 aromatic rings. The number of nitrogens with two attached hydrogens (primary N) is 1. The average Bonchev–Trinajstić information content (AvgIpc) is 3.52. The molecule has 1 saturated carbocycles. The topological polar surface area (TPSA) is 157 Å². The van der Waals surface area contributed by atoms with Crippen molar-refractivity contribution >= 4 is 17.0 Å². The predicted octanol–water partition coefficient (Wildman–Crippen LogP) is 0.854. The van der Waals surface area contributed by atoms with Crippen molar-refractivity contribution in [1.29, 1.82) is 0 Å². The zero-order valence-corrected chi connectivity index (χ0v) is 17.8. The van der Waals surface area contributed by atoms with Gasteiger partial charge in [0.1, 0.15) is 23.8 Å². The number of aryl methyl sites for hydroxylation is 1. The molecule has 11 heteroatoms. The summed E-state index contributed by atoms with van der Waals surface area (Å²) in [6, 6.07) is 0. The second kappa shape index (κ2) is 8.74. The fraction of sp³-hybridized carbons (Fsp3) is 0.619. The van der Waals surface area contributed by atoms with Crippen molar-refractivity contribution in [2.45, 2.75) is 69.6 Å². The number of rotatable bonds is 6. The van der Waals surface area contributed by atoms with E-state index in [0.717, 1.165) is 24.4 Å². The van der Waals surface area contributed by atoms with Gasteiger partial charge in [0.25, 0.3) is 0 Å². The summed E-state index contributed by atoms with van der Waals surface area (Å²) < 4.78 is 9.04. The number of nitrogen functional groups attached to an aromatic ring is 1. The normalized spacial score (nSPS) is 26.8. The van der Waals surface area contributed by atoms with Gasteiger partial charge in [-0.1, -0.05) is 32.1 Å². The Morgan fingerprint density at radius 2 is 1.94 bits per heavy atom. The van der Waals surface area contributed by atoms with Crippen LogP contribution in [0.15, 0.2) is 18.7 Å². The van der Waals surface area contributed by atoms with Gasteiger partial charge in [0.2, 0.25) is 0 Å². The van der Waals surface area contributed by atoms with E-state index in [1.807, 2.05) is 10.9 Å². The molecule has 0 radical (unpaired) electrons. The lowest BCUT2D eigenvalue weighted by molar-refractivity contribution is -0.0511. The van der Waals surface area contributed by atoms with E-state index < -0.39 is 31.1 Å². The highest BCUT2D eigenvalue weighted by Crippen LogP contribution is 2.33. The van der Waals surface area contributed by atoms with E-state index in [9.17, 15) is 15.3 Å². The Balaban J connectivity index is 1.40. The van der Waals surface area contributed by atoms with Gasteiger partial charge in [0.15, 0.2) is 23.5 Å². The molecule has 5 N–H and O–H groups in total. The van der Waals surface area contributed by atoms with E-state index in [4.69, 9.17) is 10.5 Å². The summed E-state index contributed by atoms with van der Waals surface area (Å²) >= 11 is 0. The Kier molecular flexibility index (Phi) is 5.80. The first-order chi connectivity index (χ1) is 15.5. The standard InChI is InChI=1S/C21H29N7O4/c22-18-15-20(28(11-23-15)21-17(31)16(30)14(10-29)32-21)26-19(25-18)13-8-24-27(9-13)7-6-12-4-2-1-3-5-12/h8-9,11-12,14,16-17,21,29-31H,1-7,10H2,(H2,22,25,26)/t14-,16-,17-,21?/m1/s1. The summed E-state index contributed by atoms with van der Waals surface area (Å²) in [5, 5.41) is 34.3. The molecule has 4 heterocycles. The average molecular weight is 444 g/mol. The number of aromatic nitrogens is 6. The van der Waals surface area contributed by atoms with E-state index in [-0.39, 0.29) is 5.82 Å². The molecule has 172 valence electrons. The number of anilines is 1. The number of hydrogen-bond donors (Lipinski definition) is 4. The third-order valence-electron chi connectivity index (χ3n) is 6.62. The lowest BCUT2D eigenvalue weighted by atomic mass is 9.87. The van der Waals surface area contributed by atoms with E-state index in [0.29, 0.717) is 17.0 Å². The van der Waals surface area contributed by atoms with Crippen molar-refractivity contribution < 1.29 is 20.1 Å². The van der Waals surface area contributed by atoms with E-state index >= 15 is 0 Å². The second-order valence-electron chi connectivity index (χ2n) is 8.77. The first kappa shape index (κ1) is 21.3. The number of fused-ring (bicyclic) bond motifs is 1. The molecule has 0 bridgehead atoms. The Bertz CT molecular complexity index is 1080. The fourth-order valence-electron chi connectivity index (χ4n) is 4.76. The molecular weight excluding hydrogens is 414 g/mol. The molecule has 1 aliphatic heterocycles. The van der Waals surface area contributed by atoms with E-state index in [2.05, 4.69) is 20.1 Å².